The Morgan fingerprint density at radius 2 is 1.70 bits per heavy atom. The first-order valence-corrected chi connectivity index (χ1v) is 7.93. The van der Waals surface area contributed by atoms with E-state index in [1.165, 1.54) is 45.6 Å². The standard InChI is InChI=1S/C19H20N2O6/c1-12-9-14(21(23)24)6-7-15(12)20-18(22)8-5-13-10-16(25-2)19(27-4)17(11-13)26-3/h5-11H,1-4H3,(H,20,22)/b8-5+. The van der Waals surface area contributed by atoms with E-state index in [1.807, 2.05) is 0 Å². The number of nitro benzene ring substituents is 1. The number of hydrogen-bond donors (Lipinski definition) is 1. The van der Waals surface area contributed by atoms with Gasteiger partial charge >= 0.3 is 0 Å². The number of anilines is 1. The van der Waals surface area contributed by atoms with E-state index in [1.54, 1.807) is 25.1 Å². The van der Waals surface area contributed by atoms with E-state index in [9.17, 15) is 14.9 Å². The van der Waals surface area contributed by atoms with Crippen LogP contribution in [0.25, 0.3) is 6.08 Å². The van der Waals surface area contributed by atoms with Crippen molar-refractivity contribution >= 4 is 23.4 Å². The number of ether oxygens (including phenoxy) is 3. The first-order valence-electron chi connectivity index (χ1n) is 7.93. The van der Waals surface area contributed by atoms with Gasteiger partial charge in [0.05, 0.1) is 26.3 Å². The third-order valence-corrected chi connectivity index (χ3v) is 3.79. The Balaban J connectivity index is 2.18. The third-order valence-electron chi connectivity index (χ3n) is 3.79. The molecule has 27 heavy (non-hydrogen) atoms. The molecule has 0 bridgehead atoms. The highest BCUT2D eigenvalue weighted by molar-refractivity contribution is 6.02. The summed E-state index contributed by atoms with van der Waals surface area (Å²) in [7, 11) is 4.53. The van der Waals surface area contributed by atoms with Gasteiger partial charge in [-0.1, -0.05) is 0 Å². The Hall–Kier alpha value is -3.55. The second-order valence-electron chi connectivity index (χ2n) is 5.54. The average Bonchev–Trinajstić information content (AvgIpc) is 2.66. The minimum Gasteiger partial charge on any atom is -0.493 e. The van der Waals surface area contributed by atoms with Crippen LogP contribution in [0.4, 0.5) is 11.4 Å². The summed E-state index contributed by atoms with van der Waals surface area (Å²) in [5.74, 6) is 1.04. The molecule has 0 aliphatic heterocycles. The van der Waals surface area contributed by atoms with Gasteiger partial charge in [-0.25, -0.2) is 0 Å². The SMILES string of the molecule is COc1cc(/C=C/C(=O)Nc2ccc([N+](=O)[O-])cc2C)cc(OC)c1OC. The number of nitro groups is 1. The number of nitrogens with zero attached hydrogens (tertiary/aromatic N) is 1. The van der Waals surface area contributed by atoms with Crippen LogP contribution in [0.5, 0.6) is 17.2 Å². The smallest absolute Gasteiger partial charge is 0.269 e. The van der Waals surface area contributed by atoms with E-state index < -0.39 is 4.92 Å². The molecule has 0 radical (unpaired) electrons. The van der Waals surface area contributed by atoms with E-state index in [0.717, 1.165) is 0 Å². The number of carbonyl (C=O) groups is 1. The van der Waals surface area contributed by atoms with Crippen molar-refractivity contribution in [3.8, 4) is 17.2 Å². The summed E-state index contributed by atoms with van der Waals surface area (Å²) in [6, 6.07) is 7.66. The summed E-state index contributed by atoms with van der Waals surface area (Å²) in [5.41, 5.74) is 1.75. The van der Waals surface area contributed by atoms with E-state index in [2.05, 4.69) is 5.32 Å². The third kappa shape index (κ3) is 4.75. The molecule has 0 heterocycles. The number of aryl methyl sites for hydroxylation is 1. The van der Waals surface area contributed by atoms with E-state index in [0.29, 0.717) is 34.1 Å². The lowest BCUT2D eigenvalue weighted by atomic mass is 10.1. The van der Waals surface area contributed by atoms with Crippen molar-refractivity contribution < 1.29 is 23.9 Å². The van der Waals surface area contributed by atoms with Gasteiger partial charge < -0.3 is 19.5 Å². The van der Waals surface area contributed by atoms with E-state index in [-0.39, 0.29) is 11.6 Å². The van der Waals surface area contributed by atoms with Gasteiger partial charge in [-0.3, -0.25) is 14.9 Å². The fourth-order valence-corrected chi connectivity index (χ4v) is 2.45. The number of non-ortho nitro benzene ring substituents is 1. The Morgan fingerprint density at radius 3 is 2.19 bits per heavy atom. The molecule has 1 N–H and O–H groups in total. The molecule has 2 aromatic carbocycles. The molecule has 8 nitrogen and oxygen atoms in total. The van der Waals surface area contributed by atoms with Crippen LogP contribution < -0.4 is 19.5 Å². The van der Waals surface area contributed by atoms with E-state index in [4.69, 9.17) is 14.2 Å². The average molecular weight is 372 g/mol. The predicted octanol–water partition coefficient (Wildman–Crippen LogP) is 3.58. The number of amides is 1. The summed E-state index contributed by atoms with van der Waals surface area (Å²) in [4.78, 5) is 22.5. The molecule has 8 heteroatoms. The van der Waals surface area contributed by atoms with Crippen molar-refractivity contribution in [3.63, 3.8) is 0 Å². The highest BCUT2D eigenvalue weighted by atomic mass is 16.6. The number of nitrogens with one attached hydrogen (secondary N) is 1. The number of carbonyl (C=O) groups excluding carboxylic acids is 1. The van der Waals surface area contributed by atoms with Crippen molar-refractivity contribution in [3.05, 3.63) is 57.6 Å². The highest BCUT2D eigenvalue weighted by Crippen LogP contribution is 2.38. The molecule has 2 aromatic rings. The zero-order chi connectivity index (χ0) is 20.0. The largest absolute Gasteiger partial charge is 0.493 e. The summed E-state index contributed by atoms with van der Waals surface area (Å²) < 4.78 is 15.8. The summed E-state index contributed by atoms with van der Waals surface area (Å²) in [6.07, 6.45) is 2.95. The maximum atomic E-state index is 12.2. The summed E-state index contributed by atoms with van der Waals surface area (Å²) in [5, 5.41) is 13.5. The molecule has 0 aromatic heterocycles. The molecule has 142 valence electrons. The minimum atomic E-state index is -0.483. The Labute approximate surface area is 156 Å². The van der Waals surface area contributed by atoms with Crippen LogP contribution in [0.3, 0.4) is 0 Å². The van der Waals surface area contributed by atoms with Crippen molar-refractivity contribution in [2.24, 2.45) is 0 Å². The Bertz CT molecular complexity index is 867. The van der Waals surface area contributed by atoms with Crippen LogP contribution in [0, 0.1) is 17.0 Å². The van der Waals surface area contributed by atoms with Gasteiger partial charge in [0.25, 0.3) is 5.69 Å². The number of benzene rings is 2. The molecule has 0 saturated heterocycles. The topological polar surface area (TPSA) is 99.9 Å². The molecule has 0 spiro atoms. The van der Waals surface area contributed by atoms with Gasteiger partial charge in [-0.15, -0.1) is 0 Å². The van der Waals surface area contributed by atoms with Gasteiger partial charge in [-0.2, -0.15) is 0 Å². The monoisotopic (exact) mass is 372 g/mol. The molecular formula is C19H20N2O6. The molecule has 0 unspecified atom stereocenters. The van der Waals surface area contributed by atoms with Gasteiger partial charge in [-0.05, 0) is 42.3 Å². The second kappa shape index (κ2) is 8.70. The normalized spacial score (nSPS) is 10.5. The summed E-state index contributed by atoms with van der Waals surface area (Å²) in [6.45, 7) is 1.69. The highest BCUT2D eigenvalue weighted by Gasteiger charge is 2.12. The van der Waals surface area contributed by atoms with Crippen molar-refractivity contribution in [1.29, 1.82) is 0 Å². The second-order valence-corrected chi connectivity index (χ2v) is 5.54. The maximum absolute atomic E-state index is 12.2. The molecule has 0 saturated carbocycles. The van der Waals surface area contributed by atoms with Gasteiger partial charge in [0.1, 0.15) is 0 Å². The zero-order valence-corrected chi connectivity index (χ0v) is 15.4. The Kier molecular flexibility index (Phi) is 6.37. The first kappa shape index (κ1) is 19.8. The molecule has 0 atom stereocenters. The number of hydrogen-bond acceptors (Lipinski definition) is 6. The summed E-state index contributed by atoms with van der Waals surface area (Å²) >= 11 is 0. The minimum absolute atomic E-state index is 0.0292. The maximum Gasteiger partial charge on any atom is 0.269 e. The zero-order valence-electron chi connectivity index (χ0n) is 15.4. The lowest BCUT2D eigenvalue weighted by molar-refractivity contribution is -0.384. The van der Waals surface area contributed by atoms with Crippen LogP contribution in [0.1, 0.15) is 11.1 Å². The Morgan fingerprint density at radius 1 is 1.07 bits per heavy atom. The first-order chi connectivity index (χ1) is 12.9. The van der Waals surface area contributed by atoms with Gasteiger partial charge in [0.2, 0.25) is 11.7 Å². The predicted molar refractivity (Wildman–Crippen MR) is 102 cm³/mol. The lowest BCUT2D eigenvalue weighted by Crippen LogP contribution is -2.09. The molecule has 0 fully saturated rings. The van der Waals surface area contributed by atoms with Gasteiger partial charge in [0, 0.05) is 23.9 Å². The number of rotatable bonds is 7. The van der Waals surface area contributed by atoms with Crippen LogP contribution >= 0.6 is 0 Å². The molecule has 0 aliphatic rings. The van der Waals surface area contributed by atoms with Crippen LogP contribution in [-0.2, 0) is 4.79 Å². The quantitative estimate of drug-likeness (QED) is 0.453. The molecule has 2 rings (SSSR count). The molecule has 1 amide bonds. The molecular weight excluding hydrogens is 352 g/mol. The van der Waals surface area contributed by atoms with Crippen molar-refractivity contribution in [2.75, 3.05) is 26.6 Å². The van der Waals surface area contributed by atoms with Crippen LogP contribution in [0.2, 0.25) is 0 Å². The van der Waals surface area contributed by atoms with Crippen molar-refractivity contribution in [1.82, 2.24) is 0 Å². The van der Waals surface area contributed by atoms with Gasteiger partial charge in [0.15, 0.2) is 11.5 Å². The lowest BCUT2D eigenvalue weighted by Gasteiger charge is -2.12. The van der Waals surface area contributed by atoms with Crippen LogP contribution in [0.15, 0.2) is 36.4 Å². The molecule has 0 aliphatic carbocycles. The number of methoxy groups -OCH3 is 3. The van der Waals surface area contributed by atoms with Crippen LogP contribution in [-0.4, -0.2) is 32.2 Å². The fraction of sp³-hybridized carbons (Fsp3) is 0.211. The van der Waals surface area contributed by atoms with Crippen molar-refractivity contribution in [2.45, 2.75) is 6.92 Å². The van der Waals surface area contributed by atoms with E-state index >= 15 is 0 Å². The fourth-order valence-electron chi connectivity index (χ4n) is 2.45.